The standard InChI is InChI=1S/C25H31F2N3O3/c1-4-25(26,27)18(14-28)10-11-30-23(31)17-12-19-21(16-8-6-5-7-9-16)15(2)33-22(19)20(13-17)24(32)29-3/h5-9,12-13,15,18,21H,4,10-11,14,28H2,1-3H3,(H,29,32)(H,30,31)/t15-,18-,21+/m1/s1. The lowest BCUT2D eigenvalue weighted by atomic mass is 9.87. The fourth-order valence-corrected chi connectivity index (χ4v) is 4.32. The lowest BCUT2D eigenvalue weighted by molar-refractivity contribution is -0.0602. The van der Waals surface area contributed by atoms with Crippen LogP contribution in [-0.2, 0) is 0 Å². The Balaban J connectivity index is 1.88. The van der Waals surface area contributed by atoms with Gasteiger partial charge < -0.3 is 21.1 Å². The van der Waals surface area contributed by atoms with Gasteiger partial charge in [-0.1, -0.05) is 37.3 Å². The van der Waals surface area contributed by atoms with Crippen molar-refractivity contribution in [2.24, 2.45) is 11.7 Å². The summed E-state index contributed by atoms with van der Waals surface area (Å²) < 4.78 is 34.0. The van der Waals surface area contributed by atoms with Gasteiger partial charge in [0.05, 0.1) is 5.56 Å². The molecule has 0 unspecified atom stereocenters. The van der Waals surface area contributed by atoms with E-state index >= 15 is 0 Å². The fraction of sp³-hybridized carbons (Fsp3) is 0.440. The van der Waals surface area contributed by atoms with Crippen LogP contribution < -0.4 is 21.1 Å². The van der Waals surface area contributed by atoms with Crippen molar-refractivity contribution in [3.63, 3.8) is 0 Å². The molecular formula is C25H31F2N3O3. The largest absolute Gasteiger partial charge is 0.489 e. The van der Waals surface area contributed by atoms with Gasteiger partial charge in [-0.25, -0.2) is 8.78 Å². The summed E-state index contributed by atoms with van der Waals surface area (Å²) in [6.45, 7) is 3.23. The second-order valence-corrected chi connectivity index (χ2v) is 8.32. The molecule has 6 nitrogen and oxygen atoms in total. The zero-order valence-electron chi connectivity index (χ0n) is 19.2. The maximum Gasteiger partial charge on any atom is 0.254 e. The van der Waals surface area contributed by atoms with E-state index in [-0.39, 0.29) is 55.0 Å². The number of benzene rings is 2. The van der Waals surface area contributed by atoms with E-state index in [1.807, 2.05) is 37.3 Å². The first-order valence-corrected chi connectivity index (χ1v) is 11.2. The van der Waals surface area contributed by atoms with E-state index in [1.165, 1.54) is 20.0 Å². The van der Waals surface area contributed by atoms with Crippen LogP contribution in [0, 0.1) is 5.92 Å². The molecule has 8 heteroatoms. The molecule has 0 aromatic heterocycles. The van der Waals surface area contributed by atoms with Crippen LogP contribution in [0.1, 0.15) is 64.4 Å². The zero-order chi connectivity index (χ0) is 24.2. The summed E-state index contributed by atoms with van der Waals surface area (Å²) in [7, 11) is 1.51. The first kappa shape index (κ1) is 24.6. The van der Waals surface area contributed by atoms with Gasteiger partial charge in [-0.2, -0.15) is 0 Å². The molecule has 0 saturated heterocycles. The Morgan fingerprint density at radius 1 is 1.18 bits per heavy atom. The molecule has 3 atom stereocenters. The molecule has 2 aromatic rings. The maximum atomic E-state index is 14.0. The topological polar surface area (TPSA) is 93.5 Å². The molecule has 0 spiro atoms. The number of amides is 2. The Bertz CT molecular complexity index is 998. The van der Waals surface area contributed by atoms with Gasteiger partial charge >= 0.3 is 0 Å². The third kappa shape index (κ3) is 5.16. The first-order chi connectivity index (χ1) is 15.7. The number of fused-ring (bicyclic) bond motifs is 1. The molecule has 1 aliphatic heterocycles. The molecule has 3 rings (SSSR count). The highest BCUT2D eigenvalue weighted by Gasteiger charge is 2.37. The lowest BCUT2D eigenvalue weighted by Crippen LogP contribution is -2.37. The van der Waals surface area contributed by atoms with E-state index < -0.39 is 17.7 Å². The number of carbonyl (C=O) groups excluding carboxylic acids is 2. The highest BCUT2D eigenvalue weighted by Crippen LogP contribution is 2.44. The fourth-order valence-electron chi connectivity index (χ4n) is 4.32. The number of ether oxygens (including phenoxy) is 1. The van der Waals surface area contributed by atoms with Gasteiger partial charge in [0, 0.05) is 49.5 Å². The molecule has 0 aliphatic carbocycles. The van der Waals surface area contributed by atoms with E-state index in [9.17, 15) is 18.4 Å². The Kier molecular flexibility index (Phi) is 7.68. The van der Waals surface area contributed by atoms with Crippen LogP contribution in [-0.4, -0.2) is 44.0 Å². The third-order valence-electron chi connectivity index (χ3n) is 6.25. The van der Waals surface area contributed by atoms with Crippen LogP contribution in [0.3, 0.4) is 0 Å². The van der Waals surface area contributed by atoms with Crippen LogP contribution in [0.5, 0.6) is 5.75 Å². The summed E-state index contributed by atoms with van der Waals surface area (Å²) in [6.07, 6.45) is -0.476. The van der Waals surface area contributed by atoms with Gasteiger partial charge in [0.1, 0.15) is 11.9 Å². The molecule has 33 heavy (non-hydrogen) atoms. The van der Waals surface area contributed by atoms with Crippen LogP contribution >= 0.6 is 0 Å². The average molecular weight is 460 g/mol. The highest BCUT2D eigenvalue weighted by molar-refractivity contribution is 6.02. The van der Waals surface area contributed by atoms with Crippen molar-refractivity contribution in [3.8, 4) is 5.75 Å². The van der Waals surface area contributed by atoms with Crippen LogP contribution in [0.2, 0.25) is 0 Å². The molecule has 0 radical (unpaired) electrons. The summed E-state index contributed by atoms with van der Waals surface area (Å²) in [5, 5.41) is 5.29. The maximum absolute atomic E-state index is 14.0. The SMILES string of the molecule is CCC(F)(F)[C@@H](CN)CCNC(=O)c1cc(C(=O)NC)c2c(c1)[C@H](c1ccccc1)[C@@H](C)O2. The number of hydrogen-bond acceptors (Lipinski definition) is 4. The Hall–Kier alpha value is -3.00. The normalized spacial score (nSPS) is 18.2. The van der Waals surface area contributed by atoms with E-state index in [1.54, 1.807) is 6.07 Å². The second-order valence-electron chi connectivity index (χ2n) is 8.32. The summed E-state index contributed by atoms with van der Waals surface area (Å²) in [4.78, 5) is 25.5. The minimum atomic E-state index is -2.88. The predicted molar refractivity (Wildman–Crippen MR) is 123 cm³/mol. The quantitative estimate of drug-likeness (QED) is 0.533. The molecule has 178 valence electrons. The Morgan fingerprint density at radius 3 is 2.48 bits per heavy atom. The van der Waals surface area contributed by atoms with Crippen molar-refractivity contribution in [1.82, 2.24) is 10.6 Å². The summed E-state index contributed by atoms with van der Waals surface area (Å²) >= 11 is 0. The number of hydrogen-bond donors (Lipinski definition) is 3. The number of nitrogens with two attached hydrogens (primary N) is 1. The van der Waals surface area contributed by atoms with Crippen LogP contribution in [0.15, 0.2) is 42.5 Å². The van der Waals surface area contributed by atoms with Crippen LogP contribution in [0.25, 0.3) is 0 Å². The first-order valence-electron chi connectivity index (χ1n) is 11.2. The zero-order valence-corrected chi connectivity index (χ0v) is 19.2. The minimum absolute atomic E-state index is 0.0533. The van der Waals surface area contributed by atoms with Crippen molar-refractivity contribution in [3.05, 3.63) is 64.7 Å². The molecule has 0 saturated carbocycles. The Labute approximate surface area is 192 Å². The lowest BCUT2D eigenvalue weighted by Gasteiger charge is -2.24. The number of halogens is 2. The minimum Gasteiger partial charge on any atom is -0.489 e. The van der Waals surface area contributed by atoms with Gasteiger partial charge in [-0.3, -0.25) is 9.59 Å². The number of carbonyl (C=O) groups is 2. The summed E-state index contributed by atoms with van der Waals surface area (Å²) in [5.74, 6) is -4.39. The van der Waals surface area contributed by atoms with Crippen molar-refractivity contribution in [2.45, 2.75) is 44.6 Å². The van der Waals surface area contributed by atoms with Gasteiger partial charge in [0.15, 0.2) is 0 Å². The Morgan fingerprint density at radius 2 is 1.88 bits per heavy atom. The van der Waals surface area contributed by atoms with Gasteiger partial charge in [0.2, 0.25) is 0 Å². The van der Waals surface area contributed by atoms with E-state index in [0.717, 1.165) is 11.1 Å². The molecule has 0 bridgehead atoms. The molecule has 2 amide bonds. The van der Waals surface area contributed by atoms with Crippen LogP contribution in [0.4, 0.5) is 8.78 Å². The molecule has 1 heterocycles. The summed E-state index contributed by atoms with van der Waals surface area (Å²) in [5.41, 5.74) is 7.83. The highest BCUT2D eigenvalue weighted by atomic mass is 19.3. The van der Waals surface area contributed by atoms with Crippen molar-refractivity contribution >= 4 is 11.8 Å². The van der Waals surface area contributed by atoms with E-state index in [0.29, 0.717) is 5.75 Å². The molecular weight excluding hydrogens is 428 g/mol. The summed E-state index contributed by atoms with van der Waals surface area (Å²) in [6, 6.07) is 12.9. The third-order valence-corrected chi connectivity index (χ3v) is 6.25. The number of rotatable bonds is 9. The molecule has 2 aromatic carbocycles. The average Bonchev–Trinajstić information content (AvgIpc) is 3.16. The second kappa shape index (κ2) is 10.3. The molecule has 0 fully saturated rings. The molecule has 4 N–H and O–H groups in total. The molecule has 1 aliphatic rings. The van der Waals surface area contributed by atoms with Gasteiger partial charge in [0.25, 0.3) is 17.7 Å². The number of nitrogens with one attached hydrogen (secondary N) is 2. The number of alkyl halides is 2. The van der Waals surface area contributed by atoms with Crippen molar-refractivity contribution < 1.29 is 23.1 Å². The van der Waals surface area contributed by atoms with Gasteiger partial charge in [-0.05, 0) is 31.0 Å². The monoisotopic (exact) mass is 459 g/mol. The predicted octanol–water partition coefficient (Wildman–Crippen LogP) is 3.70. The smallest absolute Gasteiger partial charge is 0.254 e. The van der Waals surface area contributed by atoms with E-state index in [4.69, 9.17) is 10.5 Å². The van der Waals surface area contributed by atoms with Crippen molar-refractivity contribution in [2.75, 3.05) is 20.1 Å². The van der Waals surface area contributed by atoms with Gasteiger partial charge in [-0.15, -0.1) is 0 Å². The van der Waals surface area contributed by atoms with E-state index in [2.05, 4.69) is 10.6 Å². The van der Waals surface area contributed by atoms with Crippen molar-refractivity contribution in [1.29, 1.82) is 0 Å².